The Morgan fingerprint density at radius 3 is 2.21 bits per heavy atom. The number of halogens is 1. The smallest absolute Gasteiger partial charge is 0.243 e. The Morgan fingerprint density at radius 2 is 1.56 bits per heavy atom. The Hall–Kier alpha value is -1.85. The highest BCUT2D eigenvalue weighted by atomic mass is 32.2. The zero-order valence-corrected chi connectivity index (χ0v) is 20.7. The van der Waals surface area contributed by atoms with E-state index in [-0.39, 0.29) is 35.0 Å². The molecule has 1 aliphatic carbocycles. The number of benzene rings is 2. The molecular formula is C24H31FN2O5S2. The molecule has 1 N–H and O–H groups in total. The van der Waals surface area contributed by atoms with Gasteiger partial charge >= 0.3 is 0 Å². The highest BCUT2D eigenvalue weighted by molar-refractivity contribution is 7.89. The lowest BCUT2D eigenvalue weighted by molar-refractivity contribution is 0.114. The van der Waals surface area contributed by atoms with Crippen LogP contribution in [0.25, 0.3) is 0 Å². The first-order chi connectivity index (χ1) is 16.3. The molecule has 186 valence electrons. The molecule has 2 aromatic carbocycles. The predicted octanol–water partition coefficient (Wildman–Crippen LogP) is 3.81. The molecule has 4 rings (SSSR count). The largest absolute Gasteiger partial charge is 0.377 e. The van der Waals surface area contributed by atoms with Crippen LogP contribution in [0.2, 0.25) is 0 Å². The van der Waals surface area contributed by atoms with Crippen molar-refractivity contribution >= 4 is 20.0 Å². The maximum absolute atomic E-state index is 14.4. The van der Waals surface area contributed by atoms with Crippen LogP contribution in [0, 0.1) is 5.82 Å². The molecule has 1 saturated carbocycles. The fourth-order valence-electron chi connectivity index (χ4n) is 4.59. The molecule has 34 heavy (non-hydrogen) atoms. The molecule has 0 aromatic heterocycles. The van der Waals surface area contributed by atoms with Gasteiger partial charge in [0.15, 0.2) is 0 Å². The number of ether oxygens (including phenoxy) is 1. The summed E-state index contributed by atoms with van der Waals surface area (Å²) in [6.45, 7) is 0.743. The SMILES string of the molecule is O=S(=O)(NC[C@H]1CCCO1)c1ccc(S(=O)(=O)N(Cc2ccccc2F)C2CCCCC2)cc1. The van der Waals surface area contributed by atoms with E-state index in [1.165, 1.54) is 34.6 Å². The van der Waals surface area contributed by atoms with Crippen molar-refractivity contribution in [3.63, 3.8) is 0 Å². The van der Waals surface area contributed by atoms with Crippen molar-refractivity contribution in [2.45, 2.75) is 73.4 Å². The van der Waals surface area contributed by atoms with Crippen molar-refractivity contribution in [2.24, 2.45) is 0 Å². The molecule has 1 aliphatic heterocycles. The van der Waals surface area contributed by atoms with E-state index in [4.69, 9.17) is 4.74 Å². The summed E-state index contributed by atoms with van der Waals surface area (Å²) in [7, 11) is -7.76. The number of rotatable bonds is 9. The van der Waals surface area contributed by atoms with Gasteiger partial charge in [-0.15, -0.1) is 0 Å². The molecule has 7 nitrogen and oxygen atoms in total. The van der Waals surface area contributed by atoms with Crippen molar-refractivity contribution in [1.82, 2.24) is 9.03 Å². The highest BCUT2D eigenvalue weighted by Gasteiger charge is 2.33. The fourth-order valence-corrected chi connectivity index (χ4v) is 7.32. The summed E-state index contributed by atoms with van der Waals surface area (Å²) in [4.78, 5) is -0.0183. The first kappa shape index (κ1) is 25.2. The molecule has 0 unspecified atom stereocenters. The van der Waals surface area contributed by atoms with Gasteiger partial charge in [-0.2, -0.15) is 4.31 Å². The van der Waals surface area contributed by atoms with E-state index in [0.29, 0.717) is 25.0 Å². The molecule has 10 heteroatoms. The van der Waals surface area contributed by atoms with Crippen molar-refractivity contribution < 1.29 is 26.0 Å². The topological polar surface area (TPSA) is 92.8 Å². The predicted molar refractivity (Wildman–Crippen MR) is 127 cm³/mol. The standard InChI is InChI=1S/C24H31FN2O5S2/c25-24-11-5-4-7-19(24)18-27(20-8-2-1-3-9-20)34(30,31)23-14-12-22(13-15-23)33(28,29)26-17-21-10-6-16-32-21/h4-5,7,11-15,20-21,26H,1-3,6,8-10,16-18H2/t21-/m1/s1. The van der Waals surface area contributed by atoms with Crippen LogP contribution < -0.4 is 4.72 Å². The van der Waals surface area contributed by atoms with E-state index in [1.54, 1.807) is 18.2 Å². The van der Waals surface area contributed by atoms with Gasteiger partial charge in [-0.1, -0.05) is 37.5 Å². The molecule has 2 aliphatic rings. The summed E-state index contributed by atoms with van der Waals surface area (Å²) >= 11 is 0. The Labute approximate surface area is 201 Å². The Kier molecular flexibility index (Phi) is 8.04. The van der Waals surface area contributed by atoms with E-state index in [2.05, 4.69) is 4.72 Å². The van der Waals surface area contributed by atoms with Crippen LogP contribution in [0.3, 0.4) is 0 Å². The number of sulfonamides is 2. The molecule has 2 fully saturated rings. The Bertz CT molecular complexity index is 1170. The van der Waals surface area contributed by atoms with Crippen molar-refractivity contribution in [2.75, 3.05) is 13.2 Å². The summed E-state index contributed by atoms with van der Waals surface area (Å²) in [5.74, 6) is -0.447. The molecule has 1 atom stereocenters. The molecule has 2 aromatic rings. The summed E-state index contributed by atoms with van der Waals surface area (Å²) in [6, 6.07) is 11.2. The van der Waals surface area contributed by atoms with Gasteiger partial charge < -0.3 is 4.74 Å². The van der Waals surface area contributed by atoms with Gasteiger partial charge in [0, 0.05) is 31.3 Å². The van der Waals surface area contributed by atoms with Gasteiger partial charge in [-0.3, -0.25) is 0 Å². The zero-order chi connectivity index (χ0) is 24.2. The van der Waals surface area contributed by atoms with E-state index in [1.807, 2.05) is 0 Å². The highest BCUT2D eigenvalue weighted by Crippen LogP contribution is 2.30. The van der Waals surface area contributed by atoms with Crippen LogP contribution in [-0.2, 0) is 31.3 Å². The lowest BCUT2D eigenvalue weighted by Gasteiger charge is -2.33. The third-order valence-corrected chi connectivity index (χ3v) is 9.88. The quantitative estimate of drug-likeness (QED) is 0.554. The van der Waals surface area contributed by atoms with Crippen LogP contribution >= 0.6 is 0 Å². The van der Waals surface area contributed by atoms with Gasteiger partial charge in [0.25, 0.3) is 0 Å². The molecule has 1 saturated heterocycles. The van der Waals surface area contributed by atoms with Crippen molar-refractivity contribution in [1.29, 1.82) is 0 Å². The van der Waals surface area contributed by atoms with Gasteiger partial charge in [0.05, 0.1) is 15.9 Å². The summed E-state index contributed by atoms with van der Waals surface area (Å²) < 4.78 is 76.3. The fraction of sp³-hybridized carbons (Fsp3) is 0.500. The molecule has 0 radical (unpaired) electrons. The van der Waals surface area contributed by atoms with E-state index < -0.39 is 25.9 Å². The minimum atomic E-state index is -3.97. The monoisotopic (exact) mass is 510 g/mol. The summed E-state index contributed by atoms with van der Waals surface area (Å²) in [5, 5.41) is 0. The van der Waals surface area contributed by atoms with Gasteiger partial charge in [-0.25, -0.2) is 25.9 Å². The lowest BCUT2D eigenvalue weighted by Crippen LogP contribution is -2.41. The van der Waals surface area contributed by atoms with Crippen LogP contribution in [0.1, 0.15) is 50.5 Å². The van der Waals surface area contributed by atoms with Gasteiger partial charge in [-0.05, 0) is 56.0 Å². The number of nitrogens with zero attached hydrogens (tertiary/aromatic N) is 1. The number of nitrogens with one attached hydrogen (secondary N) is 1. The molecular weight excluding hydrogens is 479 g/mol. The summed E-state index contributed by atoms with van der Waals surface area (Å²) in [5.41, 5.74) is 0.314. The normalized spacial score (nSPS) is 20.1. The molecule has 0 spiro atoms. The second-order valence-corrected chi connectivity index (χ2v) is 12.5. The Morgan fingerprint density at radius 1 is 0.882 bits per heavy atom. The average Bonchev–Trinajstić information content (AvgIpc) is 3.37. The molecule has 0 amide bonds. The van der Waals surface area contributed by atoms with E-state index in [0.717, 1.165) is 32.1 Å². The second kappa shape index (κ2) is 10.8. The minimum Gasteiger partial charge on any atom is -0.377 e. The van der Waals surface area contributed by atoms with Crippen molar-refractivity contribution in [3.05, 3.63) is 59.9 Å². The van der Waals surface area contributed by atoms with Crippen LogP contribution in [0.4, 0.5) is 4.39 Å². The van der Waals surface area contributed by atoms with Crippen LogP contribution in [0.5, 0.6) is 0 Å². The Balaban J connectivity index is 1.56. The van der Waals surface area contributed by atoms with E-state index >= 15 is 0 Å². The number of hydrogen-bond donors (Lipinski definition) is 1. The third kappa shape index (κ3) is 5.85. The van der Waals surface area contributed by atoms with Crippen LogP contribution in [-0.4, -0.2) is 46.4 Å². The van der Waals surface area contributed by atoms with Gasteiger partial charge in [0.2, 0.25) is 20.0 Å². The third-order valence-electron chi connectivity index (χ3n) is 6.53. The summed E-state index contributed by atoms with van der Waals surface area (Å²) in [6.07, 6.45) is 5.89. The zero-order valence-electron chi connectivity index (χ0n) is 19.0. The number of hydrogen-bond acceptors (Lipinski definition) is 5. The molecule has 1 heterocycles. The maximum atomic E-state index is 14.4. The van der Waals surface area contributed by atoms with Crippen LogP contribution in [0.15, 0.2) is 58.3 Å². The second-order valence-electron chi connectivity index (χ2n) is 8.89. The van der Waals surface area contributed by atoms with E-state index in [9.17, 15) is 21.2 Å². The first-order valence-corrected chi connectivity index (χ1v) is 14.7. The average molecular weight is 511 g/mol. The first-order valence-electron chi connectivity index (χ1n) is 11.7. The minimum absolute atomic E-state index is 0.00695. The van der Waals surface area contributed by atoms with Crippen molar-refractivity contribution in [3.8, 4) is 0 Å². The van der Waals surface area contributed by atoms with Gasteiger partial charge in [0.1, 0.15) is 5.82 Å². The maximum Gasteiger partial charge on any atom is 0.243 e. The molecule has 0 bridgehead atoms. The lowest BCUT2D eigenvalue weighted by atomic mass is 9.95.